The molecule has 0 aliphatic carbocycles. The van der Waals surface area contributed by atoms with Crippen LogP contribution in [-0.4, -0.2) is 17.0 Å². The Balaban J connectivity index is 2.25. The maximum Gasteiger partial charge on any atom is 0.252 e. The number of nitrogen functional groups attached to an aromatic ring is 1. The van der Waals surface area contributed by atoms with Crippen molar-refractivity contribution in [1.82, 2.24) is 9.97 Å². The first-order valence-corrected chi connectivity index (χ1v) is 6.25. The zero-order chi connectivity index (χ0) is 13.8. The number of nitrogens with two attached hydrogens (primary N) is 1. The van der Waals surface area contributed by atoms with Gasteiger partial charge in [-0.15, -0.1) is 0 Å². The molecule has 0 saturated heterocycles. The number of benzene rings is 1. The van der Waals surface area contributed by atoms with E-state index in [0.717, 1.165) is 11.3 Å². The molecule has 19 heavy (non-hydrogen) atoms. The Hall–Kier alpha value is -2.30. The molecule has 1 aromatic heterocycles. The number of nitrogens with zero attached hydrogens (tertiary/aromatic N) is 2. The van der Waals surface area contributed by atoms with Gasteiger partial charge in [-0.2, -0.15) is 0 Å². The molecule has 3 N–H and O–H groups in total. The van der Waals surface area contributed by atoms with Crippen LogP contribution in [0.5, 0.6) is 0 Å². The number of anilines is 2. The van der Waals surface area contributed by atoms with Crippen molar-refractivity contribution in [3.05, 3.63) is 52.1 Å². The van der Waals surface area contributed by atoms with Crippen molar-refractivity contribution in [1.29, 1.82) is 0 Å². The van der Waals surface area contributed by atoms with E-state index in [4.69, 9.17) is 5.73 Å². The topological polar surface area (TPSA) is 75.0 Å². The summed E-state index contributed by atoms with van der Waals surface area (Å²) in [5, 5.41) is 0. The van der Waals surface area contributed by atoms with Gasteiger partial charge in [0.05, 0.1) is 0 Å². The summed E-state index contributed by atoms with van der Waals surface area (Å²) in [7, 11) is 1.90. The molecule has 1 aromatic carbocycles. The minimum atomic E-state index is -0.130. The molecular formula is C14H18N4O. The highest BCUT2D eigenvalue weighted by atomic mass is 16.1. The van der Waals surface area contributed by atoms with Gasteiger partial charge in [0.2, 0.25) is 0 Å². The molecule has 0 spiro atoms. The minimum Gasteiger partial charge on any atom is -0.398 e. The van der Waals surface area contributed by atoms with Crippen LogP contribution in [0, 0.1) is 0 Å². The second kappa shape index (κ2) is 5.56. The second-order valence-corrected chi connectivity index (χ2v) is 4.46. The van der Waals surface area contributed by atoms with E-state index in [2.05, 4.69) is 9.97 Å². The lowest BCUT2D eigenvalue weighted by molar-refractivity contribution is 0.851. The molecule has 0 aliphatic heterocycles. The van der Waals surface area contributed by atoms with Crippen molar-refractivity contribution in [3.8, 4) is 0 Å². The summed E-state index contributed by atoms with van der Waals surface area (Å²) < 4.78 is 0. The average Bonchev–Trinajstić information content (AvgIpc) is 2.40. The molecule has 0 aliphatic rings. The number of aromatic nitrogens is 2. The minimum absolute atomic E-state index is 0.130. The molecule has 0 fully saturated rings. The number of rotatable bonds is 4. The van der Waals surface area contributed by atoms with Crippen molar-refractivity contribution >= 4 is 11.5 Å². The molecule has 2 aromatic rings. The lowest BCUT2D eigenvalue weighted by atomic mass is 10.2. The fraction of sp³-hybridized carbons (Fsp3) is 0.286. The SMILES string of the molecule is CCc1nc(N(C)Cc2ccccc2N)cc(=O)[nH]1. The number of para-hydroxylation sites is 1. The molecular weight excluding hydrogens is 240 g/mol. The number of hydrogen-bond donors (Lipinski definition) is 2. The molecule has 0 radical (unpaired) electrons. The Kier molecular flexibility index (Phi) is 3.85. The summed E-state index contributed by atoms with van der Waals surface area (Å²) in [5.41, 5.74) is 7.55. The fourth-order valence-corrected chi connectivity index (χ4v) is 1.87. The maximum atomic E-state index is 11.5. The van der Waals surface area contributed by atoms with Gasteiger partial charge < -0.3 is 15.6 Å². The third kappa shape index (κ3) is 3.13. The standard InChI is InChI=1S/C14H18N4O/c1-3-12-16-13(8-14(19)17-12)18(2)9-10-6-4-5-7-11(10)15/h4-8H,3,9,15H2,1-2H3,(H,16,17,19). The van der Waals surface area contributed by atoms with Gasteiger partial charge in [0.25, 0.3) is 5.56 Å². The monoisotopic (exact) mass is 258 g/mol. The Labute approximate surface area is 112 Å². The third-order valence-corrected chi connectivity index (χ3v) is 2.97. The highest BCUT2D eigenvalue weighted by molar-refractivity contribution is 5.49. The van der Waals surface area contributed by atoms with Gasteiger partial charge in [-0.05, 0) is 11.6 Å². The predicted molar refractivity (Wildman–Crippen MR) is 77.2 cm³/mol. The van der Waals surface area contributed by atoms with Crippen LogP contribution in [0.15, 0.2) is 35.1 Å². The summed E-state index contributed by atoms with van der Waals surface area (Å²) >= 11 is 0. The second-order valence-electron chi connectivity index (χ2n) is 4.46. The summed E-state index contributed by atoms with van der Waals surface area (Å²) in [4.78, 5) is 20.6. The molecule has 5 nitrogen and oxygen atoms in total. The van der Waals surface area contributed by atoms with Crippen LogP contribution < -0.4 is 16.2 Å². The zero-order valence-electron chi connectivity index (χ0n) is 11.2. The zero-order valence-corrected chi connectivity index (χ0v) is 11.2. The van der Waals surface area contributed by atoms with Crippen LogP contribution in [-0.2, 0) is 13.0 Å². The normalized spacial score (nSPS) is 10.4. The highest BCUT2D eigenvalue weighted by Gasteiger charge is 2.07. The largest absolute Gasteiger partial charge is 0.398 e. The fourth-order valence-electron chi connectivity index (χ4n) is 1.87. The van der Waals surface area contributed by atoms with Crippen LogP contribution in [0.2, 0.25) is 0 Å². The van der Waals surface area contributed by atoms with Crippen molar-refractivity contribution in [2.75, 3.05) is 17.7 Å². The van der Waals surface area contributed by atoms with Gasteiger partial charge in [0.1, 0.15) is 11.6 Å². The number of hydrogen-bond acceptors (Lipinski definition) is 4. The van der Waals surface area contributed by atoms with E-state index in [1.165, 1.54) is 6.07 Å². The number of aromatic amines is 1. The van der Waals surface area contributed by atoms with E-state index in [1.54, 1.807) is 0 Å². The van der Waals surface area contributed by atoms with Crippen molar-refractivity contribution < 1.29 is 0 Å². The van der Waals surface area contributed by atoms with Crippen LogP contribution >= 0.6 is 0 Å². The van der Waals surface area contributed by atoms with E-state index in [-0.39, 0.29) is 5.56 Å². The van der Waals surface area contributed by atoms with Crippen LogP contribution in [0.1, 0.15) is 18.3 Å². The molecule has 0 bridgehead atoms. The van der Waals surface area contributed by atoms with E-state index in [0.29, 0.717) is 24.6 Å². The number of nitrogens with one attached hydrogen (secondary N) is 1. The Morgan fingerprint density at radius 1 is 1.37 bits per heavy atom. The number of H-pyrrole nitrogens is 1. The Morgan fingerprint density at radius 3 is 2.79 bits per heavy atom. The summed E-state index contributed by atoms with van der Waals surface area (Å²) in [6.45, 7) is 2.57. The Bertz CT molecular complexity index is 621. The van der Waals surface area contributed by atoms with Crippen LogP contribution in [0.25, 0.3) is 0 Å². The Morgan fingerprint density at radius 2 is 2.11 bits per heavy atom. The maximum absolute atomic E-state index is 11.5. The molecule has 5 heteroatoms. The summed E-state index contributed by atoms with van der Waals surface area (Å²) in [6.07, 6.45) is 0.699. The summed E-state index contributed by atoms with van der Waals surface area (Å²) in [5.74, 6) is 1.35. The quantitative estimate of drug-likeness (QED) is 0.816. The first kappa shape index (κ1) is 13.1. The molecule has 0 amide bonds. The van der Waals surface area contributed by atoms with E-state index >= 15 is 0 Å². The number of aryl methyl sites for hydroxylation is 1. The van der Waals surface area contributed by atoms with Crippen molar-refractivity contribution in [3.63, 3.8) is 0 Å². The highest BCUT2D eigenvalue weighted by Crippen LogP contribution is 2.16. The van der Waals surface area contributed by atoms with Gasteiger partial charge in [-0.1, -0.05) is 25.1 Å². The van der Waals surface area contributed by atoms with E-state index < -0.39 is 0 Å². The molecule has 2 rings (SSSR count). The van der Waals surface area contributed by atoms with Crippen molar-refractivity contribution in [2.24, 2.45) is 0 Å². The molecule has 100 valence electrons. The average molecular weight is 258 g/mol. The van der Waals surface area contributed by atoms with Crippen LogP contribution in [0.3, 0.4) is 0 Å². The van der Waals surface area contributed by atoms with E-state index in [9.17, 15) is 4.79 Å². The molecule has 0 unspecified atom stereocenters. The van der Waals surface area contributed by atoms with Gasteiger partial charge >= 0.3 is 0 Å². The lowest BCUT2D eigenvalue weighted by Crippen LogP contribution is -2.22. The third-order valence-electron chi connectivity index (χ3n) is 2.97. The molecule has 0 atom stereocenters. The first-order valence-electron chi connectivity index (χ1n) is 6.25. The lowest BCUT2D eigenvalue weighted by Gasteiger charge is -2.19. The van der Waals surface area contributed by atoms with Crippen LogP contribution in [0.4, 0.5) is 11.5 Å². The van der Waals surface area contributed by atoms with E-state index in [1.807, 2.05) is 43.1 Å². The van der Waals surface area contributed by atoms with Gasteiger partial charge in [-0.3, -0.25) is 4.79 Å². The van der Waals surface area contributed by atoms with Gasteiger partial charge in [0, 0.05) is 31.8 Å². The van der Waals surface area contributed by atoms with Crippen molar-refractivity contribution in [2.45, 2.75) is 19.9 Å². The van der Waals surface area contributed by atoms with Gasteiger partial charge in [-0.25, -0.2) is 4.98 Å². The summed E-state index contributed by atoms with van der Waals surface area (Å²) in [6, 6.07) is 9.19. The predicted octanol–water partition coefficient (Wildman–Crippen LogP) is 1.55. The molecule has 0 saturated carbocycles. The molecule has 1 heterocycles. The van der Waals surface area contributed by atoms with Gasteiger partial charge in [0.15, 0.2) is 0 Å². The smallest absolute Gasteiger partial charge is 0.252 e. The first-order chi connectivity index (χ1) is 9.10.